The highest BCUT2D eigenvalue weighted by atomic mass is 35.5. The summed E-state index contributed by atoms with van der Waals surface area (Å²) in [5.41, 5.74) is -0.627. The van der Waals surface area contributed by atoms with Crippen molar-refractivity contribution in [2.24, 2.45) is 0 Å². The van der Waals surface area contributed by atoms with Crippen molar-refractivity contribution in [1.29, 1.82) is 0 Å². The number of aromatic nitrogens is 2. The Morgan fingerprint density at radius 2 is 2.06 bits per heavy atom. The van der Waals surface area contributed by atoms with E-state index >= 15 is 0 Å². The molecule has 0 bridgehead atoms. The first-order valence-electron chi connectivity index (χ1n) is 4.88. The molecule has 0 aromatic carbocycles. The van der Waals surface area contributed by atoms with Gasteiger partial charge in [0.05, 0.1) is 18.6 Å². The molecule has 0 aliphatic heterocycles. The third-order valence-corrected chi connectivity index (χ3v) is 2.88. The van der Waals surface area contributed by atoms with Crippen LogP contribution in [0.2, 0.25) is 5.15 Å². The van der Waals surface area contributed by atoms with Gasteiger partial charge >= 0.3 is 0 Å². The van der Waals surface area contributed by atoms with Crippen LogP contribution in [-0.4, -0.2) is 36.7 Å². The summed E-state index contributed by atoms with van der Waals surface area (Å²) in [7, 11) is -3.25. The van der Waals surface area contributed by atoms with Crippen LogP contribution >= 0.6 is 11.6 Å². The van der Waals surface area contributed by atoms with Crippen LogP contribution in [0, 0.1) is 0 Å². The fraction of sp³-hybridized carbons (Fsp3) is 0.556. The molecule has 0 fully saturated rings. The van der Waals surface area contributed by atoms with Gasteiger partial charge in [0, 0.05) is 12.1 Å². The molecule has 0 unspecified atom stereocenters. The van der Waals surface area contributed by atoms with E-state index in [0.717, 1.165) is 6.26 Å². The minimum atomic E-state index is -3.25. The Balaban J connectivity index is 2.61. The summed E-state index contributed by atoms with van der Waals surface area (Å²) in [6.07, 6.45) is 4.06. The number of nitrogens with one attached hydrogen (secondary N) is 2. The zero-order valence-electron chi connectivity index (χ0n) is 9.86. The van der Waals surface area contributed by atoms with Crippen LogP contribution in [-0.2, 0) is 10.0 Å². The zero-order chi connectivity index (χ0) is 13.1. The number of hydrogen-bond acceptors (Lipinski definition) is 5. The molecule has 1 heterocycles. The Hall–Kier alpha value is -0.920. The van der Waals surface area contributed by atoms with E-state index in [-0.39, 0.29) is 5.15 Å². The van der Waals surface area contributed by atoms with Crippen LogP contribution in [0.15, 0.2) is 12.4 Å². The summed E-state index contributed by atoms with van der Waals surface area (Å²) in [6, 6.07) is 0. The van der Waals surface area contributed by atoms with Gasteiger partial charge in [-0.15, -0.1) is 0 Å². The number of sulfonamides is 1. The Labute approximate surface area is 106 Å². The van der Waals surface area contributed by atoms with Crippen molar-refractivity contribution < 1.29 is 8.42 Å². The molecule has 96 valence electrons. The maximum Gasteiger partial charge on any atom is 0.209 e. The molecule has 8 heteroatoms. The van der Waals surface area contributed by atoms with E-state index in [1.54, 1.807) is 13.8 Å². The van der Waals surface area contributed by atoms with E-state index in [1.807, 2.05) is 0 Å². The first kappa shape index (κ1) is 14.1. The average Bonchev–Trinajstić information content (AvgIpc) is 2.11. The van der Waals surface area contributed by atoms with Crippen LogP contribution in [0.3, 0.4) is 0 Å². The first-order chi connectivity index (χ1) is 7.68. The topological polar surface area (TPSA) is 84.0 Å². The average molecular weight is 279 g/mol. The third-order valence-electron chi connectivity index (χ3n) is 1.78. The van der Waals surface area contributed by atoms with Crippen LogP contribution < -0.4 is 10.0 Å². The smallest absolute Gasteiger partial charge is 0.209 e. The molecule has 1 rings (SSSR count). The van der Waals surface area contributed by atoms with Gasteiger partial charge in [0.15, 0.2) is 0 Å². The SMILES string of the molecule is CC(C)(CNc1cncc(Cl)n1)NS(C)(=O)=O. The maximum atomic E-state index is 11.1. The molecule has 0 atom stereocenters. The lowest BCUT2D eigenvalue weighted by Gasteiger charge is -2.25. The van der Waals surface area contributed by atoms with Crippen molar-refractivity contribution in [3.63, 3.8) is 0 Å². The van der Waals surface area contributed by atoms with Gasteiger partial charge in [-0.25, -0.2) is 18.1 Å². The number of anilines is 1. The van der Waals surface area contributed by atoms with E-state index in [0.29, 0.717) is 12.4 Å². The monoisotopic (exact) mass is 278 g/mol. The molecule has 0 radical (unpaired) electrons. The predicted molar refractivity (Wildman–Crippen MR) is 67.6 cm³/mol. The van der Waals surface area contributed by atoms with Gasteiger partial charge < -0.3 is 5.32 Å². The number of rotatable bonds is 5. The minimum Gasteiger partial charge on any atom is -0.367 e. The molecule has 1 aromatic rings. The molecule has 0 amide bonds. The summed E-state index contributed by atoms with van der Waals surface area (Å²) < 4.78 is 24.8. The van der Waals surface area contributed by atoms with Crippen molar-refractivity contribution in [3.05, 3.63) is 17.5 Å². The normalized spacial score (nSPS) is 12.5. The largest absolute Gasteiger partial charge is 0.367 e. The fourth-order valence-corrected chi connectivity index (χ4v) is 2.50. The van der Waals surface area contributed by atoms with E-state index in [4.69, 9.17) is 11.6 Å². The molecule has 0 saturated carbocycles. The molecule has 6 nitrogen and oxygen atoms in total. The van der Waals surface area contributed by atoms with Crippen molar-refractivity contribution in [3.8, 4) is 0 Å². The van der Waals surface area contributed by atoms with Gasteiger partial charge in [-0.3, -0.25) is 4.98 Å². The number of nitrogens with zero attached hydrogens (tertiary/aromatic N) is 2. The summed E-state index contributed by atoms with van der Waals surface area (Å²) in [4.78, 5) is 7.85. The number of halogens is 1. The molecular formula is C9H15ClN4O2S. The van der Waals surface area contributed by atoms with Crippen LogP contribution in [0.5, 0.6) is 0 Å². The highest BCUT2D eigenvalue weighted by molar-refractivity contribution is 7.88. The summed E-state index contributed by atoms with van der Waals surface area (Å²) >= 11 is 5.68. The highest BCUT2D eigenvalue weighted by Gasteiger charge is 2.21. The van der Waals surface area contributed by atoms with E-state index in [1.165, 1.54) is 12.4 Å². The quantitative estimate of drug-likeness (QED) is 0.835. The Morgan fingerprint density at radius 3 is 2.59 bits per heavy atom. The van der Waals surface area contributed by atoms with E-state index in [9.17, 15) is 8.42 Å². The van der Waals surface area contributed by atoms with Crippen LogP contribution in [0.1, 0.15) is 13.8 Å². The Kier molecular flexibility index (Phi) is 4.29. The Morgan fingerprint density at radius 1 is 1.41 bits per heavy atom. The molecule has 0 aliphatic rings. The fourth-order valence-electron chi connectivity index (χ4n) is 1.28. The molecule has 1 aromatic heterocycles. The number of hydrogen-bond donors (Lipinski definition) is 2. The van der Waals surface area contributed by atoms with Gasteiger partial charge in [-0.05, 0) is 13.8 Å². The lowest BCUT2D eigenvalue weighted by molar-refractivity contribution is 0.476. The van der Waals surface area contributed by atoms with Crippen molar-refractivity contribution in [2.45, 2.75) is 19.4 Å². The molecule has 17 heavy (non-hydrogen) atoms. The van der Waals surface area contributed by atoms with E-state index < -0.39 is 15.6 Å². The molecule has 2 N–H and O–H groups in total. The summed E-state index contributed by atoms with van der Waals surface area (Å²) in [6.45, 7) is 3.90. The third kappa shape index (κ3) is 5.81. The molecule has 0 spiro atoms. The predicted octanol–water partition coefficient (Wildman–Crippen LogP) is 0.870. The van der Waals surface area contributed by atoms with Gasteiger partial charge in [-0.2, -0.15) is 0 Å². The summed E-state index contributed by atoms with van der Waals surface area (Å²) in [5, 5.41) is 3.24. The van der Waals surface area contributed by atoms with E-state index in [2.05, 4.69) is 20.0 Å². The second-order valence-corrected chi connectivity index (χ2v) is 6.47. The summed E-state index contributed by atoms with van der Waals surface area (Å²) in [5.74, 6) is 0.501. The molecule has 0 saturated heterocycles. The second-order valence-electron chi connectivity index (χ2n) is 4.34. The van der Waals surface area contributed by atoms with Gasteiger partial charge in [0.25, 0.3) is 0 Å². The lowest BCUT2D eigenvalue weighted by Crippen LogP contribution is -2.47. The molecular weight excluding hydrogens is 264 g/mol. The standard InChI is InChI=1S/C9H15ClN4O2S/c1-9(2,14-17(3,15)16)6-12-8-5-11-4-7(10)13-8/h4-5,14H,6H2,1-3H3,(H,12,13). The lowest BCUT2D eigenvalue weighted by atomic mass is 10.1. The zero-order valence-corrected chi connectivity index (χ0v) is 11.4. The first-order valence-corrected chi connectivity index (χ1v) is 7.15. The minimum absolute atomic E-state index is 0.281. The maximum absolute atomic E-state index is 11.1. The van der Waals surface area contributed by atoms with Crippen molar-refractivity contribution in [1.82, 2.24) is 14.7 Å². The second kappa shape index (κ2) is 5.16. The molecule has 0 aliphatic carbocycles. The van der Waals surface area contributed by atoms with Gasteiger partial charge in [-0.1, -0.05) is 11.6 Å². The van der Waals surface area contributed by atoms with Crippen LogP contribution in [0.25, 0.3) is 0 Å². The van der Waals surface area contributed by atoms with Gasteiger partial charge in [0.1, 0.15) is 11.0 Å². The van der Waals surface area contributed by atoms with Crippen LogP contribution in [0.4, 0.5) is 5.82 Å². The van der Waals surface area contributed by atoms with Crippen molar-refractivity contribution in [2.75, 3.05) is 18.1 Å². The Bertz CT molecular complexity index is 490. The van der Waals surface area contributed by atoms with Gasteiger partial charge in [0.2, 0.25) is 10.0 Å². The highest BCUT2D eigenvalue weighted by Crippen LogP contribution is 2.09. The van der Waals surface area contributed by atoms with Crippen molar-refractivity contribution >= 4 is 27.4 Å².